The molecule has 2 aromatic rings. The number of hydrogen-bond acceptors (Lipinski definition) is 4. The molecule has 0 saturated heterocycles. The van der Waals surface area contributed by atoms with Crippen molar-refractivity contribution in [2.24, 2.45) is 0 Å². The molecule has 0 aliphatic heterocycles. The zero-order valence-corrected chi connectivity index (χ0v) is 16.4. The van der Waals surface area contributed by atoms with Crippen molar-refractivity contribution in [3.63, 3.8) is 0 Å². The second kappa shape index (κ2) is 8.66. The van der Waals surface area contributed by atoms with Crippen LogP contribution in [-0.4, -0.2) is 17.4 Å². The van der Waals surface area contributed by atoms with Crippen LogP contribution in [-0.2, 0) is 0 Å². The summed E-state index contributed by atoms with van der Waals surface area (Å²) in [4.78, 5) is 23.6. The van der Waals surface area contributed by atoms with Gasteiger partial charge in [0.2, 0.25) is 0 Å². The van der Waals surface area contributed by atoms with E-state index in [4.69, 9.17) is 4.74 Å². The van der Waals surface area contributed by atoms with Crippen molar-refractivity contribution in [2.75, 3.05) is 11.9 Å². The lowest BCUT2D eigenvalue weighted by atomic mass is 9.92. The van der Waals surface area contributed by atoms with E-state index >= 15 is 0 Å². The van der Waals surface area contributed by atoms with Crippen molar-refractivity contribution >= 4 is 17.3 Å². The van der Waals surface area contributed by atoms with E-state index in [1.807, 2.05) is 18.2 Å². The van der Waals surface area contributed by atoms with Crippen LogP contribution in [0, 0.1) is 10.1 Å². The van der Waals surface area contributed by atoms with E-state index in [1.165, 1.54) is 12.1 Å². The molecule has 0 aliphatic carbocycles. The van der Waals surface area contributed by atoms with Gasteiger partial charge in [-0.2, -0.15) is 0 Å². The number of ether oxygens (including phenoxy) is 1. The van der Waals surface area contributed by atoms with Gasteiger partial charge in [-0.3, -0.25) is 14.9 Å². The van der Waals surface area contributed by atoms with Crippen molar-refractivity contribution < 1.29 is 14.5 Å². The van der Waals surface area contributed by atoms with Crippen molar-refractivity contribution in [2.45, 2.75) is 46.5 Å². The topological polar surface area (TPSA) is 81.5 Å². The molecule has 0 bridgehead atoms. The molecule has 0 saturated carbocycles. The number of nitro groups is 1. The monoisotopic (exact) mass is 370 g/mol. The predicted octanol–water partition coefficient (Wildman–Crippen LogP) is 5.49. The van der Waals surface area contributed by atoms with Crippen LogP contribution in [0.3, 0.4) is 0 Å². The highest BCUT2D eigenvalue weighted by atomic mass is 16.6. The molecule has 144 valence electrons. The molecule has 0 aromatic heterocycles. The Morgan fingerprint density at radius 3 is 2.19 bits per heavy atom. The Labute approximate surface area is 159 Å². The third-order valence-corrected chi connectivity index (χ3v) is 4.33. The molecule has 6 heteroatoms. The first-order valence-electron chi connectivity index (χ1n) is 9.11. The number of nitrogens with one attached hydrogen (secondary N) is 1. The molecular weight excluding hydrogens is 344 g/mol. The Balaban J connectivity index is 2.43. The maximum absolute atomic E-state index is 12.8. The maximum Gasteiger partial charge on any atom is 0.311 e. The number of benzene rings is 2. The Morgan fingerprint density at radius 2 is 1.70 bits per heavy atom. The van der Waals surface area contributed by atoms with Gasteiger partial charge in [0.15, 0.2) is 5.75 Å². The Hall–Kier alpha value is -2.89. The molecule has 0 radical (unpaired) electrons. The minimum absolute atomic E-state index is 0.157. The fraction of sp³-hybridized carbons (Fsp3) is 0.381. The molecule has 27 heavy (non-hydrogen) atoms. The van der Waals surface area contributed by atoms with Gasteiger partial charge in [0, 0.05) is 17.3 Å². The first-order chi connectivity index (χ1) is 12.8. The SMILES string of the molecule is CCOc1ccc(C(=O)Nc2c(C(C)C)cccc2C(C)C)cc1[N+](=O)[O-]. The summed E-state index contributed by atoms with van der Waals surface area (Å²) in [7, 11) is 0. The van der Waals surface area contributed by atoms with Gasteiger partial charge < -0.3 is 10.1 Å². The first kappa shape index (κ1) is 20.4. The molecule has 0 atom stereocenters. The largest absolute Gasteiger partial charge is 0.487 e. The molecule has 0 fully saturated rings. The second-order valence-electron chi connectivity index (χ2n) is 6.95. The molecule has 2 aromatic carbocycles. The lowest BCUT2D eigenvalue weighted by molar-refractivity contribution is -0.385. The van der Waals surface area contributed by atoms with E-state index in [2.05, 4.69) is 33.0 Å². The number of rotatable bonds is 7. The summed E-state index contributed by atoms with van der Waals surface area (Å²) in [5.74, 6) is 0.239. The lowest BCUT2D eigenvalue weighted by Crippen LogP contribution is -2.16. The van der Waals surface area contributed by atoms with Crippen LogP contribution in [0.1, 0.15) is 67.9 Å². The second-order valence-corrected chi connectivity index (χ2v) is 6.95. The Kier molecular flexibility index (Phi) is 6.55. The highest BCUT2D eigenvalue weighted by molar-refractivity contribution is 6.05. The fourth-order valence-electron chi connectivity index (χ4n) is 2.96. The van der Waals surface area contributed by atoms with E-state index in [1.54, 1.807) is 13.0 Å². The van der Waals surface area contributed by atoms with Crippen LogP contribution in [0.25, 0.3) is 0 Å². The van der Waals surface area contributed by atoms with Gasteiger partial charge >= 0.3 is 5.69 Å². The third-order valence-electron chi connectivity index (χ3n) is 4.33. The van der Waals surface area contributed by atoms with Gasteiger partial charge in [-0.05, 0) is 42.0 Å². The summed E-state index contributed by atoms with van der Waals surface area (Å²) >= 11 is 0. The number of hydrogen-bond donors (Lipinski definition) is 1. The minimum atomic E-state index is -0.538. The number of nitrogens with zero attached hydrogens (tertiary/aromatic N) is 1. The number of para-hydroxylation sites is 1. The summed E-state index contributed by atoms with van der Waals surface area (Å²) in [6, 6.07) is 10.2. The molecule has 1 N–H and O–H groups in total. The van der Waals surface area contributed by atoms with Gasteiger partial charge in [0.05, 0.1) is 11.5 Å². The molecule has 2 rings (SSSR count). The molecule has 0 spiro atoms. The van der Waals surface area contributed by atoms with Crippen LogP contribution in [0.15, 0.2) is 36.4 Å². The summed E-state index contributed by atoms with van der Waals surface area (Å²) in [5, 5.41) is 14.3. The number of carbonyl (C=O) groups is 1. The first-order valence-corrected chi connectivity index (χ1v) is 9.11. The Morgan fingerprint density at radius 1 is 1.11 bits per heavy atom. The van der Waals surface area contributed by atoms with Crippen LogP contribution < -0.4 is 10.1 Å². The molecule has 0 aliphatic rings. The van der Waals surface area contributed by atoms with Crippen LogP contribution >= 0.6 is 0 Å². The fourth-order valence-corrected chi connectivity index (χ4v) is 2.96. The van der Waals surface area contributed by atoms with Crippen molar-refractivity contribution in [1.82, 2.24) is 0 Å². The van der Waals surface area contributed by atoms with Gasteiger partial charge in [-0.25, -0.2) is 0 Å². The zero-order chi connectivity index (χ0) is 20.1. The zero-order valence-electron chi connectivity index (χ0n) is 16.4. The number of amides is 1. The average molecular weight is 370 g/mol. The van der Waals surface area contributed by atoms with Gasteiger partial charge in [-0.1, -0.05) is 45.9 Å². The lowest BCUT2D eigenvalue weighted by Gasteiger charge is -2.20. The quantitative estimate of drug-likeness (QED) is 0.516. The van der Waals surface area contributed by atoms with Crippen molar-refractivity contribution in [3.8, 4) is 5.75 Å². The van der Waals surface area contributed by atoms with Gasteiger partial charge in [0.25, 0.3) is 5.91 Å². The molecule has 0 unspecified atom stereocenters. The molecule has 6 nitrogen and oxygen atoms in total. The van der Waals surface area contributed by atoms with Crippen LogP contribution in [0.2, 0.25) is 0 Å². The summed E-state index contributed by atoms with van der Waals surface area (Å²) < 4.78 is 5.28. The van der Waals surface area contributed by atoms with Crippen LogP contribution in [0.5, 0.6) is 5.75 Å². The average Bonchev–Trinajstić information content (AvgIpc) is 2.61. The third kappa shape index (κ3) is 4.64. The van der Waals surface area contributed by atoms with E-state index < -0.39 is 4.92 Å². The van der Waals surface area contributed by atoms with E-state index in [0.717, 1.165) is 16.8 Å². The number of anilines is 1. The van der Waals surface area contributed by atoms with E-state index in [0.29, 0.717) is 6.61 Å². The van der Waals surface area contributed by atoms with Crippen molar-refractivity contribution in [1.29, 1.82) is 0 Å². The molecule has 0 heterocycles. The highest BCUT2D eigenvalue weighted by Crippen LogP contribution is 2.33. The van der Waals surface area contributed by atoms with E-state index in [9.17, 15) is 14.9 Å². The highest BCUT2D eigenvalue weighted by Gasteiger charge is 2.21. The van der Waals surface area contributed by atoms with Crippen LogP contribution in [0.4, 0.5) is 11.4 Å². The molecule has 1 amide bonds. The smallest absolute Gasteiger partial charge is 0.311 e. The predicted molar refractivity (Wildman–Crippen MR) is 107 cm³/mol. The normalized spacial score (nSPS) is 10.9. The summed E-state index contributed by atoms with van der Waals surface area (Å²) in [6.07, 6.45) is 0. The standard InChI is InChI=1S/C21H26N2O4/c1-6-27-19-11-10-15(12-18(19)23(25)26)21(24)22-20-16(13(2)3)8-7-9-17(20)14(4)5/h7-14H,6H2,1-5H3,(H,22,24). The Bertz CT molecular complexity index is 818. The van der Waals surface area contributed by atoms with Crippen molar-refractivity contribution in [3.05, 3.63) is 63.2 Å². The summed E-state index contributed by atoms with van der Waals surface area (Å²) in [5.41, 5.74) is 2.86. The summed E-state index contributed by atoms with van der Waals surface area (Å²) in [6.45, 7) is 10.3. The minimum Gasteiger partial charge on any atom is -0.487 e. The van der Waals surface area contributed by atoms with Gasteiger partial charge in [-0.15, -0.1) is 0 Å². The number of nitro benzene ring substituents is 1. The molecular formula is C21H26N2O4. The number of carbonyl (C=O) groups excluding carboxylic acids is 1. The van der Waals surface area contributed by atoms with E-state index in [-0.39, 0.29) is 34.7 Å². The van der Waals surface area contributed by atoms with Gasteiger partial charge in [0.1, 0.15) is 0 Å². The maximum atomic E-state index is 12.8.